The lowest BCUT2D eigenvalue weighted by Crippen LogP contribution is -2.41. The van der Waals surface area contributed by atoms with Gasteiger partial charge < -0.3 is 15.8 Å². The highest BCUT2D eigenvalue weighted by Gasteiger charge is 2.35. The van der Waals surface area contributed by atoms with E-state index in [-0.39, 0.29) is 0 Å². The fourth-order valence-corrected chi connectivity index (χ4v) is 3.45. The summed E-state index contributed by atoms with van der Waals surface area (Å²) in [5, 5.41) is 3.65. The summed E-state index contributed by atoms with van der Waals surface area (Å²) in [5.74, 6) is 0.820. The highest BCUT2D eigenvalue weighted by atomic mass is 16.5. The summed E-state index contributed by atoms with van der Waals surface area (Å²) in [5.41, 5.74) is 7.74. The second-order valence-corrected chi connectivity index (χ2v) is 5.63. The van der Waals surface area contributed by atoms with E-state index in [4.69, 9.17) is 10.5 Å². The molecule has 0 bridgehead atoms. The number of piperidine rings is 1. The lowest BCUT2D eigenvalue weighted by atomic mass is 9.99. The van der Waals surface area contributed by atoms with E-state index in [2.05, 4.69) is 10.2 Å². The molecule has 2 aliphatic rings. The van der Waals surface area contributed by atoms with Crippen molar-refractivity contribution >= 4 is 11.4 Å². The molecule has 19 heavy (non-hydrogen) atoms. The molecule has 2 unspecified atom stereocenters. The molecule has 0 amide bonds. The first-order chi connectivity index (χ1) is 9.26. The zero-order chi connectivity index (χ0) is 13.2. The largest absolute Gasteiger partial charge is 0.497 e. The predicted octanol–water partition coefficient (Wildman–Crippen LogP) is 2.32. The minimum absolute atomic E-state index is 0.548. The molecule has 4 heteroatoms. The van der Waals surface area contributed by atoms with Crippen LogP contribution in [-0.2, 0) is 0 Å². The average Bonchev–Trinajstić information content (AvgIpc) is 2.82. The van der Waals surface area contributed by atoms with Crippen molar-refractivity contribution in [1.29, 1.82) is 0 Å². The van der Waals surface area contributed by atoms with Gasteiger partial charge in [0.15, 0.2) is 0 Å². The Morgan fingerprint density at radius 3 is 2.95 bits per heavy atom. The van der Waals surface area contributed by atoms with Crippen LogP contribution >= 0.6 is 0 Å². The quantitative estimate of drug-likeness (QED) is 0.820. The molecule has 4 nitrogen and oxygen atoms in total. The van der Waals surface area contributed by atoms with Gasteiger partial charge in [-0.25, -0.2) is 0 Å². The van der Waals surface area contributed by atoms with Gasteiger partial charge in [0.05, 0.1) is 7.11 Å². The maximum atomic E-state index is 5.91. The van der Waals surface area contributed by atoms with Gasteiger partial charge >= 0.3 is 0 Å². The van der Waals surface area contributed by atoms with E-state index < -0.39 is 0 Å². The van der Waals surface area contributed by atoms with Gasteiger partial charge in [0.1, 0.15) is 5.75 Å². The van der Waals surface area contributed by atoms with Crippen LogP contribution in [0.25, 0.3) is 0 Å². The monoisotopic (exact) mass is 261 g/mol. The molecule has 2 aliphatic heterocycles. The smallest absolute Gasteiger partial charge is 0.122 e. The molecule has 0 aliphatic carbocycles. The van der Waals surface area contributed by atoms with Gasteiger partial charge in [-0.2, -0.15) is 0 Å². The third-order valence-electron chi connectivity index (χ3n) is 4.37. The first-order valence-corrected chi connectivity index (χ1v) is 7.21. The summed E-state index contributed by atoms with van der Waals surface area (Å²) in [6.45, 7) is 2.49. The van der Waals surface area contributed by atoms with Crippen molar-refractivity contribution in [2.24, 2.45) is 0 Å². The number of benzene rings is 1. The number of hydrogen-bond donors (Lipinski definition) is 2. The number of ether oxygens (including phenoxy) is 1. The molecule has 1 aromatic rings. The maximum Gasteiger partial charge on any atom is 0.122 e. The number of anilines is 2. The Labute approximate surface area is 114 Å². The molecule has 2 saturated heterocycles. The molecule has 2 fully saturated rings. The second-order valence-electron chi connectivity index (χ2n) is 5.63. The fraction of sp³-hybridized carbons (Fsp3) is 0.600. The van der Waals surface area contributed by atoms with Crippen LogP contribution < -0.4 is 15.8 Å². The van der Waals surface area contributed by atoms with E-state index in [1.165, 1.54) is 38.8 Å². The number of methoxy groups -OCH3 is 1. The highest BCUT2D eigenvalue weighted by molar-refractivity contribution is 5.59. The van der Waals surface area contributed by atoms with E-state index in [0.29, 0.717) is 12.1 Å². The van der Waals surface area contributed by atoms with Gasteiger partial charge in [-0.1, -0.05) is 6.42 Å². The van der Waals surface area contributed by atoms with Crippen molar-refractivity contribution < 1.29 is 4.74 Å². The van der Waals surface area contributed by atoms with Crippen LogP contribution in [0.15, 0.2) is 18.2 Å². The number of rotatable bonds is 3. The second kappa shape index (κ2) is 5.29. The highest BCUT2D eigenvalue weighted by Crippen LogP contribution is 2.31. The Morgan fingerprint density at radius 2 is 2.11 bits per heavy atom. The first kappa shape index (κ1) is 12.6. The van der Waals surface area contributed by atoms with Crippen molar-refractivity contribution in [2.75, 3.05) is 31.2 Å². The first-order valence-electron chi connectivity index (χ1n) is 7.21. The maximum absolute atomic E-state index is 5.91. The van der Waals surface area contributed by atoms with E-state index in [1.807, 2.05) is 18.2 Å². The van der Waals surface area contributed by atoms with Crippen LogP contribution in [0, 0.1) is 0 Å². The van der Waals surface area contributed by atoms with Crippen molar-refractivity contribution in [3.8, 4) is 5.75 Å². The summed E-state index contributed by atoms with van der Waals surface area (Å²) in [6.07, 6.45) is 5.26. The normalized spacial score (nSPS) is 27.0. The van der Waals surface area contributed by atoms with Crippen LogP contribution in [0.1, 0.15) is 25.7 Å². The van der Waals surface area contributed by atoms with Gasteiger partial charge in [-0.15, -0.1) is 0 Å². The molecule has 3 N–H and O–H groups in total. The van der Waals surface area contributed by atoms with Crippen molar-refractivity contribution in [3.63, 3.8) is 0 Å². The fourth-order valence-electron chi connectivity index (χ4n) is 3.45. The van der Waals surface area contributed by atoms with E-state index in [9.17, 15) is 0 Å². The summed E-state index contributed by atoms with van der Waals surface area (Å²) in [6, 6.07) is 7.12. The van der Waals surface area contributed by atoms with Crippen molar-refractivity contribution in [3.05, 3.63) is 18.2 Å². The average molecular weight is 261 g/mol. The van der Waals surface area contributed by atoms with Gasteiger partial charge in [0.2, 0.25) is 0 Å². The van der Waals surface area contributed by atoms with Crippen LogP contribution in [-0.4, -0.2) is 37.2 Å². The Kier molecular flexibility index (Phi) is 3.51. The molecule has 0 spiro atoms. The topological polar surface area (TPSA) is 50.5 Å². The number of nitrogens with zero attached hydrogens (tertiary/aromatic N) is 1. The molecule has 2 atom stereocenters. The Hall–Kier alpha value is -1.42. The predicted molar refractivity (Wildman–Crippen MR) is 78.6 cm³/mol. The summed E-state index contributed by atoms with van der Waals surface area (Å²) in [7, 11) is 1.68. The molecule has 0 saturated carbocycles. The Bertz CT molecular complexity index is 449. The SMILES string of the molecule is COc1cc(N)cc(NC2CCN3CCCCC23)c1. The molecule has 0 radical (unpaired) electrons. The molecule has 3 rings (SSSR count). The van der Waals surface area contributed by atoms with Gasteiger partial charge in [-0.05, 0) is 31.9 Å². The molecular weight excluding hydrogens is 238 g/mol. The van der Waals surface area contributed by atoms with Gasteiger partial charge in [0.25, 0.3) is 0 Å². The van der Waals surface area contributed by atoms with Crippen LogP contribution in [0.4, 0.5) is 11.4 Å². The van der Waals surface area contributed by atoms with Crippen LogP contribution in [0.5, 0.6) is 5.75 Å². The Morgan fingerprint density at radius 1 is 1.21 bits per heavy atom. The summed E-state index contributed by atoms with van der Waals surface area (Å²) < 4.78 is 5.28. The lowest BCUT2D eigenvalue weighted by Gasteiger charge is -2.33. The molecule has 2 heterocycles. The third kappa shape index (κ3) is 2.63. The number of nitrogens with two attached hydrogens (primary N) is 1. The van der Waals surface area contributed by atoms with E-state index in [1.54, 1.807) is 7.11 Å². The Balaban J connectivity index is 1.72. The molecule has 1 aromatic carbocycles. The van der Waals surface area contributed by atoms with E-state index >= 15 is 0 Å². The molecular formula is C15H23N3O. The minimum Gasteiger partial charge on any atom is -0.497 e. The van der Waals surface area contributed by atoms with E-state index in [0.717, 1.165) is 17.1 Å². The third-order valence-corrected chi connectivity index (χ3v) is 4.37. The van der Waals surface area contributed by atoms with Gasteiger partial charge in [0, 0.05) is 42.1 Å². The van der Waals surface area contributed by atoms with Crippen molar-refractivity contribution in [1.82, 2.24) is 4.90 Å². The number of nitrogens with one attached hydrogen (secondary N) is 1. The minimum atomic E-state index is 0.548. The van der Waals surface area contributed by atoms with Crippen LogP contribution in [0.2, 0.25) is 0 Å². The number of fused-ring (bicyclic) bond motifs is 1. The molecule has 104 valence electrons. The van der Waals surface area contributed by atoms with Crippen molar-refractivity contribution in [2.45, 2.75) is 37.8 Å². The van der Waals surface area contributed by atoms with Crippen LogP contribution in [0.3, 0.4) is 0 Å². The summed E-state index contributed by atoms with van der Waals surface area (Å²) >= 11 is 0. The van der Waals surface area contributed by atoms with Gasteiger partial charge in [-0.3, -0.25) is 4.90 Å². The lowest BCUT2D eigenvalue weighted by molar-refractivity contribution is 0.193. The standard InChI is InChI=1S/C15H23N3O/c1-19-13-9-11(16)8-12(10-13)17-14-5-7-18-6-3-2-4-15(14)18/h8-10,14-15,17H,2-7,16H2,1H3. The number of hydrogen-bond acceptors (Lipinski definition) is 4. The zero-order valence-corrected chi connectivity index (χ0v) is 11.6. The summed E-state index contributed by atoms with van der Waals surface area (Å²) in [4.78, 5) is 2.63. The zero-order valence-electron chi connectivity index (χ0n) is 11.6. The molecule has 0 aromatic heterocycles. The number of nitrogen functional groups attached to an aromatic ring is 1.